The van der Waals surface area contributed by atoms with Crippen molar-refractivity contribution in [3.05, 3.63) is 138 Å². The first-order valence-corrected chi connectivity index (χ1v) is 15.2. The number of ether oxygens (including phenoxy) is 4. The first-order chi connectivity index (χ1) is 19.3. The average Bonchev–Trinajstić information content (AvgIpc) is 2.99. The average molecular weight is 589 g/mol. The first kappa shape index (κ1) is 27.8. The third-order valence-electron chi connectivity index (χ3n) is 6.65. The van der Waals surface area contributed by atoms with Gasteiger partial charge in [0.25, 0.3) is 0 Å². The Hall–Kier alpha value is -2.80. The molecule has 1 heterocycles. The molecule has 5 nitrogen and oxygen atoms in total. The Bertz CT molecular complexity index is 1230. The van der Waals surface area contributed by atoms with Gasteiger partial charge in [0, 0.05) is 0 Å². The van der Waals surface area contributed by atoms with Crippen LogP contribution in [0.5, 0.6) is 0 Å². The molecule has 1 saturated heterocycles. The summed E-state index contributed by atoms with van der Waals surface area (Å²) in [4.78, 5) is 0. The molecule has 202 valence electrons. The topological polar surface area (TPSA) is 62.9 Å². The fourth-order valence-corrected chi connectivity index (χ4v) is 6.90. The third kappa shape index (κ3) is 8.10. The van der Waals surface area contributed by atoms with Crippen molar-refractivity contribution >= 4 is 19.4 Å². The first-order valence-electron chi connectivity index (χ1n) is 13.3. The number of rotatable bonds is 12. The molecule has 0 unspecified atom stereocenters. The van der Waals surface area contributed by atoms with Gasteiger partial charge in [-0.15, -0.1) is 0 Å². The molecule has 39 heavy (non-hydrogen) atoms. The number of hydrogen-bond donors (Lipinski definition) is 1. The summed E-state index contributed by atoms with van der Waals surface area (Å²) in [5.41, 5.74) is 10.2. The Balaban J connectivity index is 1.37. The number of hydrogen-bond acceptors (Lipinski definition) is 5. The molecule has 1 aliphatic heterocycles. The van der Waals surface area contributed by atoms with E-state index < -0.39 is 0 Å². The Morgan fingerprint density at radius 1 is 0.590 bits per heavy atom. The van der Waals surface area contributed by atoms with E-state index >= 15 is 0 Å². The molecule has 0 spiro atoms. The molecule has 5 rings (SSSR count). The Morgan fingerprint density at radius 3 is 1.59 bits per heavy atom. The van der Waals surface area contributed by atoms with Crippen LogP contribution >= 0.6 is 0 Å². The quantitative estimate of drug-likeness (QED) is 0.248. The molecule has 4 aromatic carbocycles. The number of nitrogens with two attached hydrogens (primary N) is 1. The van der Waals surface area contributed by atoms with Gasteiger partial charge < -0.3 is 0 Å². The van der Waals surface area contributed by atoms with Crippen molar-refractivity contribution in [3.63, 3.8) is 0 Å². The SMILES string of the molecule is N[C@@H]1[C@@H](OCc2ccccc2)[C@H](OCc2ccccc2)[C@@H](COCc2ccccc2)O[C@@H]1[Se]c1ccccc1. The van der Waals surface area contributed by atoms with Crippen LogP contribution in [0.4, 0.5) is 0 Å². The summed E-state index contributed by atoms with van der Waals surface area (Å²) in [5, 5.41) is -0.178. The van der Waals surface area contributed by atoms with E-state index in [-0.39, 0.29) is 44.3 Å². The van der Waals surface area contributed by atoms with E-state index in [0.29, 0.717) is 26.4 Å². The van der Waals surface area contributed by atoms with Gasteiger partial charge in [-0.1, -0.05) is 0 Å². The van der Waals surface area contributed by atoms with Crippen molar-refractivity contribution in [2.24, 2.45) is 5.73 Å². The van der Waals surface area contributed by atoms with Crippen LogP contribution < -0.4 is 10.2 Å². The van der Waals surface area contributed by atoms with Crippen LogP contribution in [0, 0.1) is 0 Å². The van der Waals surface area contributed by atoms with Gasteiger partial charge in [0.05, 0.1) is 0 Å². The molecule has 4 aromatic rings. The molecular formula is C33H35NO4Se. The predicted molar refractivity (Wildman–Crippen MR) is 155 cm³/mol. The van der Waals surface area contributed by atoms with E-state index in [2.05, 4.69) is 60.7 Å². The number of benzene rings is 4. The zero-order valence-electron chi connectivity index (χ0n) is 21.9. The fraction of sp³-hybridized carbons (Fsp3) is 0.273. The summed E-state index contributed by atoms with van der Waals surface area (Å²) in [6.07, 6.45) is -1.07. The van der Waals surface area contributed by atoms with Gasteiger partial charge >= 0.3 is 238 Å². The molecule has 0 radical (unpaired) electrons. The summed E-state index contributed by atoms with van der Waals surface area (Å²) in [7, 11) is 0. The van der Waals surface area contributed by atoms with Crippen LogP contribution in [-0.2, 0) is 38.8 Å². The van der Waals surface area contributed by atoms with Crippen molar-refractivity contribution in [3.8, 4) is 0 Å². The van der Waals surface area contributed by atoms with Crippen molar-refractivity contribution in [2.45, 2.75) is 49.2 Å². The molecule has 0 bridgehead atoms. The summed E-state index contributed by atoms with van der Waals surface area (Å²) in [5.74, 6) is 0. The van der Waals surface area contributed by atoms with E-state index in [0.717, 1.165) is 16.7 Å². The molecule has 5 atom stereocenters. The van der Waals surface area contributed by atoms with Crippen LogP contribution in [0.15, 0.2) is 121 Å². The Morgan fingerprint density at radius 2 is 1.05 bits per heavy atom. The van der Waals surface area contributed by atoms with Crippen LogP contribution in [-0.4, -0.2) is 50.9 Å². The van der Waals surface area contributed by atoms with E-state index in [4.69, 9.17) is 24.7 Å². The molecule has 1 aliphatic rings. The monoisotopic (exact) mass is 589 g/mol. The van der Waals surface area contributed by atoms with Crippen LogP contribution in [0.3, 0.4) is 0 Å². The second-order valence-corrected chi connectivity index (χ2v) is 12.0. The van der Waals surface area contributed by atoms with Gasteiger partial charge in [0.2, 0.25) is 0 Å². The summed E-state index contributed by atoms with van der Waals surface area (Å²) < 4.78 is 27.2. The second-order valence-electron chi connectivity index (χ2n) is 9.57. The zero-order chi connectivity index (χ0) is 26.7. The minimum atomic E-state index is -0.387. The maximum absolute atomic E-state index is 6.92. The van der Waals surface area contributed by atoms with E-state index in [1.54, 1.807) is 0 Å². The van der Waals surface area contributed by atoms with Crippen molar-refractivity contribution in [1.82, 2.24) is 0 Å². The summed E-state index contributed by atoms with van der Waals surface area (Å²) >= 11 is -0.00286. The van der Waals surface area contributed by atoms with Crippen molar-refractivity contribution in [1.29, 1.82) is 0 Å². The van der Waals surface area contributed by atoms with Crippen LogP contribution in [0.1, 0.15) is 16.7 Å². The minimum absolute atomic E-state index is 0.00286. The maximum atomic E-state index is 6.92. The standard InChI is InChI=1S/C33H35NO4Se/c34-30-32(37-23-27-17-9-3-10-18-27)31(36-22-26-15-7-2-8-16-26)29(24-35-21-25-13-5-1-6-14-25)38-33(30)39-28-19-11-4-12-20-28/h1-20,29-33H,21-24,34H2/t29-,30-,31-,32-,33-/m1/s1. The third-order valence-corrected chi connectivity index (χ3v) is 9.17. The summed E-state index contributed by atoms with van der Waals surface area (Å²) in [6.45, 7) is 1.78. The van der Waals surface area contributed by atoms with Crippen LogP contribution in [0.2, 0.25) is 0 Å². The van der Waals surface area contributed by atoms with Crippen molar-refractivity contribution in [2.75, 3.05) is 6.61 Å². The van der Waals surface area contributed by atoms with Gasteiger partial charge in [0.1, 0.15) is 0 Å². The molecule has 0 aromatic heterocycles. The molecule has 0 saturated carbocycles. The molecule has 1 fully saturated rings. The Kier molecular flexibility index (Phi) is 10.4. The van der Waals surface area contributed by atoms with Gasteiger partial charge in [-0.2, -0.15) is 0 Å². The molecule has 2 N–H and O–H groups in total. The van der Waals surface area contributed by atoms with Crippen LogP contribution in [0.25, 0.3) is 0 Å². The van der Waals surface area contributed by atoms with E-state index in [9.17, 15) is 0 Å². The molecule has 0 amide bonds. The van der Waals surface area contributed by atoms with Gasteiger partial charge in [-0.05, 0) is 0 Å². The van der Waals surface area contributed by atoms with Crippen molar-refractivity contribution < 1.29 is 18.9 Å². The Labute approximate surface area is 237 Å². The van der Waals surface area contributed by atoms with E-state index in [1.165, 1.54) is 4.46 Å². The second kappa shape index (κ2) is 14.5. The summed E-state index contributed by atoms with van der Waals surface area (Å²) in [6, 6.07) is 40.6. The van der Waals surface area contributed by atoms with Gasteiger partial charge in [0.15, 0.2) is 0 Å². The predicted octanol–water partition coefficient (Wildman–Crippen LogP) is 4.46. The fourth-order valence-electron chi connectivity index (χ4n) is 4.61. The van der Waals surface area contributed by atoms with E-state index in [1.807, 2.05) is 60.7 Å². The zero-order valence-corrected chi connectivity index (χ0v) is 23.6. The van der Waals surface area contributed by atoms with Gasteiger partial charge in [-0.3, -0.25) is 0 Å². The van der Waals surface area contributed by atoms with Gasteiger partial charge in [-0.25, -0.2) is 0 Å². The molecular weight excluding hydrogens is 553 g/mol. The molecule has 6 heteroatoms. The molecule has 0 aliphatic carbocycles. The normalized spacial score (nSPS) is 22.9.